The van der Waals surface area contributed by atoms with Gasteiger partial charge in [-0.25, -0.2) is 0 Å². The molecule has 0 bridgehead atoms. The van der Waals surface area contributed by atoms with Crippen molar-refractivity contribution in [3.63, 3.8) is 0 Å². The van der Waals surface area contributed by atoms with Crippen LogP contribution in [0.5, 0.6) is 0 Å². The van der Waals surface area contributed by atoms with Crippen LogP contribution in [-0.4, -0.2) is 11.8 Å². The van der Waals surface area contributed by atoms with Gasteiger partial charge in [0, 0.05) is 23.7 Å². The van der Waals surface area contributed by atoms with Gasteiger partial charge in [0.25, 0.3) is 0 Å². The monoisotopic (exact) mass is 189 g/mol. The Morgan fingerprint density at radius 1 is 1.31 bits per heavy atom. The summed E-state index contributed by atoms with van der Waals surface area (Å²) >= 11 is 1.92. The Morgan fingerprint density at radius 3 is 3.23 bits per heavy atom. The summed E-state index contributed by atoms with van der Waals surface area (Å²) in [5.74, 6) is 1.23. The first-order valence-corrected chi connectivity index (χ1v) is 5.64. The molecule has 2 aliphatic rings. The molecule has 2 heterocycles. The van der Waals surface area contributed by atoms with Gasteiger partial charge in [-0.15, -0.1) is 11.8 Å². The number of rotatable bonds is 0. The van der Waals surface area contributed by atoms with Crippen LogP contribution in [0, 0.1) is 0 Å². The lowest BCUT2D eigenvalue weighted by Crippen LogP contribution is -2.30. The van der Waals surface area contributed by atoms with E-state index in [0.29, 0.717) is 6.04 Å². The molecule has 0 spiro atoms. The highest BCUT2D eigenvalue weighted by molar-refractivity contribution is 8.02. The van der Waals surface area contributed by atoms with Gasteiger partial charge in [-0.05, 0) is 23.5 Å². The lowest BCUT2D eigenvalue weighted by atomic mass is 10.1. The molecule has 2 heteroatoms. The summed E-state index contributed by atoms with van der Waals surface area (Å²) in [6, 6.07) is 9.42. The van der Waals surface area contributed by atoms with Crippen LogP contribution in [0.25, 0.3) is 0 Å². The molecular weight excluding hydrogens is 178 g/mol. The van der Waals surface area contributed by atoms with Crippen molar-refractivity contribution in [3.8, 4) is 0 Å². The highest BCUT2D eigenvalue weighted by atomic mass is 32.2. The fourth-order valence-corrected chi connectivity index (χ4v) is 2.93. The minimum Gasteiger partial charge on any atom is -0.343 e. The highest BCUT2D eigenvalue weighted by Gasteiger charge is 2.28. The molecular formula is C11H11NS. The van der Waals surface area contributed by atoms with Crippen molar-refractivity contribution in [2.75, 3.05) is 10.7 Å². The van der Waals surface area contributed by atoms with Crippen LogP contribution in [0.4, 0.5) is 5.69 Å². The first-order valence-electron chi connectivity index (χ1n) is 4.60. The third-order valence-corrected chi connectivity index (χ3v) is 3.62. The fraction of sp³-hybridized carbons (Fsp3) is 0.273. The van der Waals surface area contributed by atoms with Gasteiger partial charge < -0.3 is 4.90 Å². The molecule has 0 N–H and O–H groups in total. The van der Waals surface area contributed by atoms with E-state index < -0.39 is 0 Å². The molecule has 1 aromatic rings. The maximum atomic E-state index is 2.41. The van der Waals surface area contributed by atoms with Gasteiger partial charge in [0.15, 0.2) is 0 Å². The van der Waals surface area contributed by atoms with E-state index >= 15 is 0 Å². The summed E-state index contributed by atoms with van der Waals surface area (Å²) in [4.78, 5) is 2.41. The number of anilines is 1. The Balaban J connectivity index is 2.09. The first-order chi connectivity index (χ1) is 6.45. The zero-order valence-electron chi connectivity index (χ0n) is 7.31. The maximum absolute atomic E-state index is 2.41. The Bertz CT molecular complexity index is 359. The molecule has 0 fully saturated rings. The largest absolute Gasteiger partial charge is 0.343 e. The molecule has 0 amide bonds. The summed E-state index contributed by atoms with van der Waals surface area (Å²) in [5.41, 5.74) is 2.91. The van der Waals surface area contributed by atoms with E-state index in [1.165, 1.54) is 23.4 Å². The predicted octanol–water partition coefficient (Wildman–Crippen LogP) is 2.64. The first kappa shape index (κ1) is 7.51. The van der Waals surface area contributed by atoms with Crippen molar-refractivity contribution in [2.24, 2.45) is 0 Å². The van der Waals surface area contributed by atoms with Crippen molar-refractivity contribution in [1.82, 2.24) is 0 Å². The van der Waals surface area contributed by atoms with Gasteiger partial charge >= 0.3 is 0 Å². The van der Waals surface area contributed by atoms with E-state index in [2.05, 4.69) is 40.8 Å². The summed E-state index contributed by atoms with van der Waals surface area (Å²) in [5, 5.41) is 2.19. The average Bonchev–Trinajstić information content (AvgIpc) is 2.56. The fourth-order valence-electron chi connectivity index (χ4n) is 2.10. The van der Waals surface area contributed by atoms with Crippen LogP contribution in [-0.2, 0) is 6.42 Å². The maximum Gasteiger partial charge on any atom is 0.0471 e. The van der Waals surface area contributed by atoms with Crippen LogP contribution in [0.3, 0.4) is 0 Å². The minimum absolute atomic E-state index is 0.701. The molecule has 0 saturated carbocycles. The second-order valence-corrected chi connectivity index (χ2v) is 4.45. The second kappa shape index (κ2) is 2.81. The van der Waals surface area contributed by atoms with Crippen molar-refractivity contribution in [1.29, 1.82) is 0 Å². The zero-order chi connectivity index (χ0) is 8.67. The van der Waals surface area contributed by atoms with Crippen LogP contribution in [0.1, 0.15) is 5.56 Å². The number of thioether (sulfide) groups is 1. The van der Waals surface area contributed by atoms with Crippen LogP contribution < -0.4 is 4.90 Å². The van der Waals surface area contributed by atoms with Crippen LogP contribution >= 0.6 is 11.8 Å². The summed E-state index contributed by atoms with van der Waals surface area (Å²) in [6.45, 7) is 0. The van der Waals surface area contributed by atoms with E-state index in [0.717, 1.165) is 0 Å². The molecule has 1 aromatic carbocycles. The Hall–Kier alpha value is -0.890. The molecule has 0 saturated heterocycles. The third-order valence-electron chi connectivity index (χ3n) is 2.73. The highest BCUT2D eigenvalue weighted by Crippen LogP contribution is 2.36. The lowest BCUT2D eigenvalue weighted by molar-refractivity contribution is 0.761. The Labute approximate surface area is 82.4 Å². The molecule has 3 rings (SSSR count). The molecule has 0 aromatic heterocycles. The molecule has 1 atom stereocenters. The van der Waals surface area contributed by atoms with Gasteiger partial charge in [-0.1, -0.05) is 18.2 Å². The normalized spacial score (nSPS) is 24.3. The molecule has 1 nitrogen and oxygen atoms in total. The van der Waals surface area contributed by atoms with Crippen LogP contribution in [0.2, 0.25) is 0 Å². The average molecular weight is 189 g/mol. The van der Waals surface area contributed by atoms with Crippen LogP contribution in [0.15, 0.2) is 35.9 Å². The number of hydrogen-bond acceptors (Lipinski definition) is 2. The molecule has 0 radical (unpaired) electrons. The minimum atomic E-state index is 0.701. The standard InChI is InChI=1S/C11H11NS/c1-2-4-11-9(3-1)7-10-8-13-6-5-12(10)11/h1-6,10H,7-8H2. The lowest BCUT2D eigenvalue weighted by Gasteiger charge is -2.26. The topological polar surface area (TPSA) is 3.24 Å². The van der Waals surface area contributed by atoms with E-state index in [1.807, 2.05) is 11.8 Å². The van der Waals surface area contributed by atoms with Gasteiger partial charge in [0.05, 0.1) is 0 Å². The zero-order valence-corrected chi connectivity index (χ0v) is 8.13. The molecule has 13 heavy (non-hydrogen) atoms. The quantitative estimate of drug-likeness (QED) is 0.617. The summed E-state index contributed by atoms with van der Waals surface area (Å²) in [6.07, 6.45) is 3.43. The molecule has 0 aliphatic carbocycles. The SMILES string of the molecule is C1=CN2c3ccccc3CC2CS1. The smallest absolute Gasteiger partial charge is 0.0471 e. The Morgan fingerprint density at radius 2 is 2.23 bits per heavy atom. The van der Waals surface area contributed by atoms with E-state index in [1.54, 1.807) is 0 Å². The molecule has 2 aliphatic heterocycles. The number of hydrogen-bond donors (Lipinski definition) is 0. The molecule has 66 valence electrons. The predicted molar refractivity (Wildman–Crippen MR) is 58.0 cm³/mol. The van der Waals surface area contributed by atoms with Crippen molar-refractivity contribution >= 4 is 17.4 Å². The third kappa shape index (κ3) is 1.09. The number of para-hydroxylation sites is 1. The Kier molecular flexibility index (Phi) is 1.62. The molecule has 1 unspecified atom stereocenters. The van der Waals surface area contributed by atoms with E-state index in [-0.39, 0.29) is 0 Å². The van der Waals surface area contributed by atoms with Gasteiger partial charge in [0.2, 0.25) is 0 Å². The van der Waals surface area contributed by atoms with Crippen molar-refractivity contribution in [2.45, 2.75) is 12.5 Å². The van der Waals surface area contributed by atoms with Gasteiger partial charge in [0.1, 0.15) is 0 Å². The van der Waals surface area contributed by atoms with Crippen molar-refractivity contribution in [3.05, 3.63) is 41.4 Å². The number of nitrogens with zero attached hydrogens (tertiary/aromatic N) is 1. The van der Waals surface area contributed by atoms with Gasteiger partial charge in [-0.2, -0.15) is 0 Å². The van der Waals surface area contributed by atoms with E-state index in [4.69, 9.17) is 0 Å². The van der Waals surface area contributed by atoms with E-state index in [9.17, 15) is 0 Å². The summed E-state index contributed by atoms with van der Waals surface area (Å²) < 4.78 is 0. The second-order valence-electron chi connectivity index (χ2n) is 3.51. The number of fused-ring (bicyclic) bond motifs is 3. The summed E-state index contributed by atoms with van der Waals surface area (Å²) in [7, 11) is 0. The van der Waals surface area contributed by atoms with Gasteiger partial charge in [-0.3, -0.25) is 0 Å². The number of benzene rings is 1. The van der Waals surface area contributed by atoms with Crippen molar-refractivity contribution < 1.29 is 0 Å².